The lowest BCUT2D eigenvalue weighted by Gasteiger charge is -2.28. The maximum atomic E-state index is 13.4. The average Bonchev–Trinajstić information content (AvgIpc) is 3.15. The molecule has 2 amide bonds. The van der Waals surface area contributed by atoms with Gasteiger partial charge in [0.15, 0.2) is 5.11 Å². The molecule has 0 aliphatic carbocycles. The molecule has 1 aliphatic heterocycles. The van der Waals surface area contributed by atoms with Crippen LogP contribution in [0.5, 0.6) is 0 Å². The van der Waals surface area contributed by atoms with E-state index in [-0.39, 0.29) is 10.7 Å². The topological polar surface area (TPSA) is 54.3 Å². The number of fused-ring (bicyclic) bond motifs is 1. The highest BCUT2D eigenvalue weighted by Crippen LogP contribution is 2.28. The van der Waals surface area contributed by atoms with E-state index in [1.54, 1.807) is 18.2 Å². The van der Waals surface area contributed by atoms with Crippen LogP contribution in [0.25, 0.3) is 17.0 Å². The van der Waals surface area contributed by atoms with E-state index < -0.39 is 11.8 Å². The van der Waals surface area contributed by atoms with Crippen LogP contribution in [-0.4, -0.2) is 21.5 Å². The lowest BCUT2D eigenvalue weighted by molar-refractivity contribution is -0.122. The van der Waals surface area contributed by atoms with Gasteiger partial charge in [0.2, 0.25) is 0 Å². The van der Waals surface area contributed by atoms with Gasteiger partial charge in [0.1, 0.15) is 5.57 Å². The number of amides is 2. The fourth-order valence-electron chi connectivity index (χ4n) is 4.17. The number of para-hydroxylation sites is 1. The van der Waals surface area contributed by atoms with E-state index >= 15 is 0 Å². The zero-order valence-corrected chi connectivity index (χ0v) is 20.7. The Labute approximate surface area is 210 Å². The molecule has 0 atom stereocenters. The van der Waals surface area contributed by atoms with E-state index in [1.165, 1.54) is 16.0 Å². The first kappa shape index (κ1) is 22.3. The Morgan fingerprint density at radius 1 is 1.00 bits per heavy atom. The normalized spacial score (nSPS) is 15.3. The smallest absolute Gasteiger partial charge is 0.270 e. The number of nitrogens with zero attached hydrogens (tertiary/aromatic N) is 2. The van der Waals surface area contributed by atoms with Gasteiger partial charge in [0, 0.05) is 33.7 Å². The van der Waals surface area contributed by atoms with Crippen molar-refractivity contribution in [1.29, 1.82) is 0 Å². The van der Waals surface area contributed by atoms with Crippen molar-refractivity contribution in [2.24, 2.45) is 0 Å². The fraction of sp³-hybridized carbons (Fsp3) is 0.0741. The lowest BCUT2D eigenvalue weighted by Crippen LogP contribution is -2.54. The van der Waals surface area contributed by atoms with Gasteiger partial charge in [-0.15, -0.1) is 0 Å². The van der Waals surface area contributed by atoms with Crippen LogP contribution in [0.2, 0.25) is 0 Å². The molecule has 2 heterocycles. The number of hydrogen-bond acceptors (Lipinski definition) is 3. The van der Waals surface area contributed by atoms with Crippen molar-refractivity contribution >= 4 is 67.7 Å². The van der Waals surface area contributed by atoms with Crippen molar-refractivity contribution in [2.75, 3.05) is 4.90 Å². The predicted molar refractivity (Wildman–Crippen MR) is 143 cm³/mol. The number of thiocarbonyl (C=S) groups is 1. The summed E-state index contributed by atoms with van der Waals surface area (Å²) in [4.78, 5) is 27.5. The van der Waals surface area contributed by atoms with Gasteiger partial charge >= 0.3 is 0 Å². The SMILES string of the molecule is Cc1cccc(Cn2cc(/C=C3\C(=O)NC(=S)N(c4ccc(Br)cc4)C3=O)c3ccccc32)c1. The highest BCUT2D eigenvalue weighted by molar-refractivity contribution is 9.10. The van der Waals surface area contributed by atoms with Gasteiger partial charge in [0.05, 0.1) is 5.69 Å². The fourth-order valence-corrected chi connectivity index (χ4v) is 4.71. The monoisotopic (exact) mass is 529 g/mol. The summed E-state index contributed by atoms with van der Waals surface area (Å²) < 4.78 is 3.02. The lowest BCUT2D eigenvalue weighted by atomic mass is 10.1. The average molecular weight is 530 g/mol. The third-order valence-corrected chi connectivity index (χ3v) is 6.55. The number of benzene rings is 3. The maximum Gasteiger partial charge on any atom is 0.270 e. The van der Waals surface area contributed by atoms with Gasteiger partial charge in [-0.05, 0) is 61.1 Å². The number of halogens is 1. The van der Waals surface area contributed by atoms with Gasteiger partial charge in [0.25, 0.3) is 11.8 Å². The van der Waals surface area contributed by atoms with Crippen LogP contribution in [0, 0.1) is 6.92 Å². The first-order valence-electron chi connectivity index (χ1n) is 10.7. The van der Waals surface area contributed by atoms with E-state index in [0.717, 1.165) is 20.9 Å². The van der Waals surface area contributed by atoms with Crippen molar-refractivity contribution in [3.63, 3.8) is 0 Å². The molecule has 0 radical (unpaired) electrons. The third-order valence-electron chi connectivity index (χ3n) is 5.74. The molecule has 1 aromatic heterocycles. The zero-order chi connectivity index (χ0) is 23.8. The molecule has 1 N–H and O–H groups in total. The number of carbonyl (C=O) groups is 2. The zero-order valence-electron chi connectivity index (χ0n) is 18.3. The molecule has 5 rings (SSSR count). The summed E-state index contributed by atoms with van der Waals surface area (Å²) >= 11 is 8.71. The summed E-state index contributed by atoms with van der Waals surface area (Å²) in [6, 6.07) is 23.5. The molecule has 7 heteroatoms. The molecule has 168 valence electrons. The van der Waals surface area contributed by atoms with E-state index in [4.69, 9.17) is 12.2 Å². The largest absolute Gasteiger partial charge is 0.342 e. The van der Waals surface area contributed by atoms with E-state index in [9.17, 15) is 9.59 Å². The highest BCUT2D eigenvalue weighted by atomic mass is 79.9. The van der Waals surface area contributed by atoms with Gasteiger partial charge < -0.3 is 4.57 Å². The number of nitrogens with one attached hydrogen (secondary N) is 1. The van der Waals surface area contributed by atoms with Crippen LogP contribution in [0.1, 0.15) is 16.7 Å². The van der Waals surface area contributed by atoms with Gasteiger partial charge in [-0.25, -0.2) is 0 Å². The number of rotatable bonds is 4. The molecule has 34 heavy (non-hydrogen) atoms. The van der Waals surface area contributed by atoms with Gasteiger partial charge in [-0.2, -0.15) is 0 Å². The van der Waals surface area contributed by atoms with Crippen LogP contribution in [-0.2, 0) is 16.1 Å². The van der Waals surface area contributed by atoms with Crippen molar-refractivity contribution in [2.45, 2.75) is 13.5 Å². The van der Waals surface area contributed by atoms with Crippen LogP contribution < -0.4 is 10.2 Å². The molecule has 1 saturated heterocycles. The molecule has 1 fully saturated rings. The maximum absolute atomic E-state index is 13.4. The molecule has 5 nitrogen and oxygen atoms in total. The Kier molecular flexibility index (Phi) is 5.89. The summed E-state index contributed by atoms with van der Waals surface area (Å²) in [7, 11) is 0. The summed E-state index contributed by atoms with van der Waals surface area (Å²) in [6.07, 6.45) is 3.64. The molecule has 0 saturated carbocycles. The van der Waals surface area contributed by atoms with Crippen molar-refractivity contribution in [3.05, 3.63) is 106 Å². The number of anilines is 1. The highest BCUT2D eigenvalue weighted by Gasteiger charge is 2.34. The van der Waals surface area contributed by atoms with Gasteiger partial charge in [-0.3, -0.25) is 19.8 Å². The first-order valence-corrected chi connectivity index (χ1v) is 11.9. The first-order chi connectivity index (χ1) is 16.4. The van der Waals surface area contributed by atoms with E-state index in [0.29, 0.717) is 12.2 Å². The Morgan fingerprint density at radius 2 is 1.76 bits per heavy atom. The summed E-state index contributed by atoms with van der Waals surface area (Å²) in [6.45, 7) is 2.75. The molecule has 4 aromatic rings. The standard InChI is InChI=1S/C27H20BrN3O2S/c1-17-5-4-6-18(13-17)15-30-16-19(22-7-2-3-8-24(22)30)14-23-25(32)29-27(34)31(26(23)33)21-11-9-20(28)10-12-21/h2-14,16H,15H2,1H3,(H,29,32,34)/b23-14+. The van der Waals surface area contributed by atoms with Crippen LogP contribution in [0.15, 0.2) is 89.0 Å². The summed E-state index contributed by atoms with van der Waals surface area (Å²) in [5.74, 6) is -0.953. The minimum absolute atomic E-state index is 0.0370. The molecular formula is C27H20BrN3O2S. The number of carbonyl (C=O) groups excluding carboxylic acids is 2. The Morgan fingerprint density at radius 3 is 2.53 bits per heavy atom. The van der Waals surface area contributed by atoms with E-state index in [2.05, 4.69) is 50.9 Å². The van der Waals surface area contributed by atoms with Crippen LogP contribution in [0.4, 0.5) is 5.69 Å². The molecule has 0 unspecified atom stereocenters. The van der Waals surface area contributed by atoms with Crippen molar-refractivity contribution in [3.8, 4) is 0 Å². The number of aryl methyl sites for hydroxylation is 1. The number of hydrogen-bond donors (Lipinski definition) is 1. The second-order valence-corrected chi connectivity index (χ2v) is 9.46. The Bertz CT molecular complexity index is 1490. The van der Waals surface area contributed by atoms with Crippen LogP contribution >= 0.6 is 28.1 Å². The summed E-state index contributed by atoms with van der Waals surface area (Å²) in [5.41, 5.74) is 4.83. The second kappa shape index (κ2) is 9.00. The van der Waals surface area contributed by atoms with Crippen molar-refractivity contribution in [1.82, 2.24) is 9.88 Å². The minimum atomic E-state index is -0.501. The second-order valence-electron chi connectivity index (χ2n) is 8.15. The van der Waals surface area contributed by atoms with Crippen molar-refractivity contribution < 1.29 is 9.59 Å². The van der Waals surface area contributed by atoms with Crippen LogP contribution in [0.3, 0.4) is 0 Å². The van der Waals surface area contributed by atoms with Gasteiger partial charge in [-0.1, -0.05) is 64.0 Å². The molecule has 3 aromatic carbocycles. The molecule has 1 aliphatic rings. The Hall–Kier alpha value is -3.55. The quantitative estimate of drug-likeness (QED) is 0.213. The Balaban J connectivity index is 1.56. The predicted octanol–water partition coefficient (Wildman–Crippen LogP) is 5.59. The summed E-state index contributed by atoms with van der Waals surface area (Å²) in [5, 5.41) is 3.69. The minimum Gasteiger partial charge on any atom is -0.342 e. The molecule has 0 spiro atoms. The van der Waals surface area contributed by atoms with E-state index in [1.807, 2.05) is 48.7 Å². The molecule has 0 bridgehead atoms. The third kappa shape index (κ3) is 4.20. The number of aromatic nitrogens is 1. The molecular weight excluding hydrogens is 510 g/mol.